The minimum atomic E-state index is 0.729. The summed E-state index contributed by atoms with van der Waals surface area (Å²) in [6, 6.07) is 9.21. The Bertz CT molecular complexity index is 360. The van der Waals surface area contributed by atoms with Gasteiger partial charge in [-0.15, -0.1) is 0 Å². The summed E-state index contributed by atoms with van der Waals surface area (Å²) >= 11 is 0. The van der Waals surface area contributed by atoms with Gasteiger partial charge in [0.25, 0.3) is 0 Å². The summed E-state index contributed by atoms with van der Waals surface area (Å²) in [5.74, 6) is 1.76. The van der Waals surface area contributed by atoms with Crippen LogP contribution in [0, 0.1) is 5.92 Å². The van der Waals surface area contributed by atoms with Crippen molar-refractivity contribution >= 4 is 0 Å². The van der Waals surface area contributed by atoms with E-state index in [4.69, 9.17) is 4.74 Å². The summed E-state index contributed by atoms with van der Waals surface area (Å²) in [5, 5.41) is 3.66. The Balaban J connectivity index is 1.92. The molecule has 2 heteroatoms. The fraction of sp³-hybridized carbons (Fsp3) is 0.625. The van der Waals surface area contributed by atoms with Gasteiger partial charge in [-0.3, -0.25) is 0 Å². The molecule has 0 saturated heterocycles. The first-order chi connectivity index (χ1) is 8.83. The van der Waals surface area contributed by atoms with Crippen LogP contribution in [0.5, 0.6) is 5.75 Å². The van der Waals surface area contributed by atoms with Gasteiger partial charge in [0.1, 0.15) is 5.75 Å². The van der Waals surface area contributed by atoms with Gasteiger partial charge in [0, 0.05) is 6.04 Å². The van der Waals surface area contributed by atoms with Gasteiger partial charge in [-0.2, -0.15) is 0 Å². The minimum absolute atomic E-state index is 0.729. The predicted molar refractivity (Wildman–Crippen MR) is 76.1 cm³/mol. The highest BCUT2D eigenvalue weighted by molar-refractivity contribution is 5.33. The molecule has 2 nitrogen and oxygen atoms in total. The molecule has 18 heavy (non-hydrogen) atoms. The molecule has 1 aliphatic rings. The lowest BCUT2D eigenvalue weighted by Crippen LogP contribution is -2.26. The van der Waals surface area contributed by atoms with Gasteiger partial charge in [0.15, 0.2) is 0 Å². The van der Waals surface area contributed by atoms with E-state index in [1.54, 1.807) is 7.11 Å². The van der Waals surface area contributed by atoms with Crippen molar-refractivity contribution < 1.29 is 4.74 Å². The van der Waals surface area contributed by atoms with Gasteiger partial charge >= 0.3 is 0 Å². The van der Waals surface area contributed by atoms with E-state index in [0.717, 1.165) is 30.7 Å². The zero-order valence-electron chi connectivity index (χ0n) is 11.6. The Morgan fingerprint density at radius 3 is 2.78 bits per heavy atom. The lowest BCUT2D eigenvalue weighted by molar-refractivity contribution is 0.394. The minimum Gasteiger partial charge on any atom is -0.496 e. The third kappa shape index (κ3) is 4.02. The lowest BCUT2D eigenvalue weighted by atomic mass is 9.94. The van der Waals surface area contributed by atoms with Gasteiger partial charge in [0.2, 0.25) is 0 Å². The molecule has 0 aromatic heterocycles. The predicted octanol–water partition coefficient (Wildman–Crippen LogP) is 3.41. The maximum absolute atomic E-state index is 5.44. The first-order valence-corrected chi connectivity index (χ1v) is 7.18. The van der Waals surface area contributed by atoms with Crippen molar-refractivity contribution in [3.05, 3.63) is 29.8 Å². The maximum Gasteiger partial charge on any atom is 0.122 e. The zero-order chi connectivity index (χ0) is 12.8. The van der Waals surface area contributed by atoms with Gasteiger partial charge in [-0.25, -0.2) is 0 Å². The molecule has 1 aromatic rings. The van der Waals surface area contributed by atoms with Crippen LogP contribution in [-0.2, 0) is 6.42 Å². The fourth-order valence-electron chi connectivity index (χ4n) is 2.49. The average molecular weight is 247 g/mol. The Morgan fingerprint density at radius 1 is 1.33 bits per heavy atom. The van der Waals surface area contributed by atoms with Crippen LogP contribution in [0.25, 0.3) is 0 Å². The van der Waals surface area contributed by atoms with Crippen LogP contribution in [-0.4, -0.2) is 19.7 Å². The van der Waals surface area contributed by atoms with Crippen LogP contribution < -0.4 is 10.1 Å². The topological polar surface area (TPSA) is 21.3 Å². The summed E-state index contributed by atoms with van der Waals surface area (Å²) in [6.07, 6.45) is 6.41. The summed E-state index contributed by atoms with van der Waals surface area (Å²) in [6.45, 7) is 3.42. The summed E-state index contributed by atoms with van der Waals surface area (Å²) < 4.78 is 5.44. The second-order valence-electron chi connectivity index (χ2n) is 5.35. The number of nitrogens with one attached hydrogen (secondary N) is 1. The third-order valence-electron chi connectivity index (χ3n) is 3.67. The van der Waals surface area contributed by atoms with E-state index in [0.29, 0.717) is 0 Å². The highest BCUT2D eigenvalue weighted by Crippen LogP contribution is 2.24. The van der Waals surface area contributed by atoms with Crippen LogP contribution >= 0.6 is 0 Å². The number of rotatable bonds is 8. The maximum atomic E-state index is 5.44. The third-order valence-corrected chi connectivity index (χ3v) is 3.67. The van der Waals surface area contributed by atoms with Crippen LogP contribution in [0.2, 0.25) is 0 Å². The van der Waals surface area contributed by atoms with Crippen molar-refractivity contribution in [3.63, 3.8) is 0 Å². The molecule has 0 heterocycles. The number of hydrogen-bond donors (Lipinski definition) is 1. The number of hydrogen-bond acceptors (Lipinski definition) is 2. The van der Waals surface area contributed by atoms with E-state index in [-0.39, 0.29) is 0 Å². The number of methoxy groups -OCH3 is 1. The monoisotopic (exact) mass is 247 g/mol. The molecule has 0 amide bonds. The molecular weight excluding hydrogens is 222 g/mol. The molecule has 0 bridgehead atoms. The van der Waals surface area contributed by atoms with E-state index in [2.05, 4.69) is 30.4 Å². The fourth-order valence-corrected chi connectivity index (χ4v) is 2.49. The van der Waals surface area contributed by atoms with Crippen LogP contribution in [0.1, 0.15) is 38.2 Å². The lowest BCUT2D eigenvalue weighted by Gasteiger charge is -2.18. The number of benzene rings is 1. The van der Waals surface area contributed by atoms with Crippen molar-refractivity contribution in [2.45, 2.75) is 45.1 Å². The first kappa shape index (κ1) is 13.4. The summed E-state index contributed by atoms with van der Waals surface area (Å²) in [7, 11) is 1.76. The molecule has 1 aromatic carbocycles. The summed E-state index contributed by atoms with van der Waals surface area (Å²) in [4.78, 5) is 0. The molecule has 1 atom stereocenters. The van der Waals surface area contributed by atoms with Crippen LogP contribution in [0.4, 0.5) is 0 Å². The molecule has 1 N–H and O–H groups in total. The van der Waals surface area contributed by atoms with Gasteiger partial charge in [-0.1, -0.05) is 31.5 Å². The SMILES string of the molecule is CCCC(CNC1CC1)Cc1ccccc1OC. The Kier molecular flexibility index (Phi) is 5.06. The number of ether oxygens (including phenoxy) is 1. The molecule has 1 unspecified atom stereocenters. The van der Waals surface area contributed by atoms with Crippen molar-refractivity contribution in [2.24, 2.45) is 5.92 Å². The molecule has 0 radical (unpaired) electrons. The van der Waals surface area contributed by atoms with Crippen LogP contribution in [0.3, 0.4) is 0 Å². The van der Waals surface area contributed by atoms with E-state index >= 15 is 0 Å². The standard InChI is InChI=1S/C16H25NO/c1-3-6-13(12-17-15-9-10-15)11-14-7-4-5-8-16(14)18-2/h4-5,7-8,13,15,17H,3,6,9-12H2,1-2H3. The molecule has 100 valence electrons. The number of para-hydroxylation sites is 1. The van der Waals surface area contributed by atoms with Gasteiger partial charge in [0.05, 0.1) is 7.11 Å². The highest BCUT2D eigenvalue weighted by atomic mass is 16.5. The Labute approximate surface area is 111 Å². The molecule has 1 saturated carbocycles. The molecule has 2 rings (SSSR count). The van der Waals surface area contributed by atoms with E-state index < -0.39 is 0 Å². The van der Waals surface area contributed by atoms with E-state index in [9.17, 15) is 0 Å². The van der Waals surface area contributed by atoms with E-state index in [1.807, 2.05) is 6.07 Å². The molecule has 0 aliphatic heterocycles. The normalized spacial score (nSPS) is 16.6. The molecule has 0 spiro atoms. The Morgan fingerprint density at radius 2 is 2.11 bits per heavy atom. The van der Waals surface area contributed by atoms with Gasteiger partial charge in [-0.05, 0) is 49.8 Å². The second kappa shape index (κ2) is 6.79. The van der Waals surface area contributed by atoms with Gasteiger partial charge < -0.3 is 10.1 Å². The zero-order valence-corrected chi connectivity index (χ0v) is 11.6. The molecule has 1 aliphatic carbocycles. The second-order valence-corrected chi connectivity index (χ2v) is 5.35. The van der Waals surface area contributed by atoms with Crippen molar-refractivity contribution in [1.82, 2.24) is 5.32 Å². The average Bonchev–Trinajstić information content (AvgIpc) is 3.21. The largest absolute Gasteiger partial charge is 0.496 e. The molecular formula is C16H25NO. The smallest absolute Gasteiger partial charge is 0.122 e. The van der Waals surface area contributed by atoms with Crippen molar-refractivity contribution in [3.8, 4) is 5.75 Å². The first-order valence-electron chi connectivity index (χ1n) is 7.18. The van der Waals surface area contributed by atoms with Crippen molar-refractivity contribution in [1.29, 1.82) is 0 Å². The van der Waals surface area contributed by atoms with Crippen molar-refractivity contribution in [2.75, 3.05) is 13.7 Å². The Hall–Kier alpha value is -1.02. The highest BCUT2D eigenvalue weighted by Gasteiger charge is 2.22. The molecule has 1 fully saturated rings. The quantitative estimate of drug-likeness (QED) is 0.760. The summed E-state index contributed by atoms with van der Waals surface area (Å²) in [5.41, 5.74) is 1.34. The van der Waals surface area contributed by atoms with E-state index in [1.165, 1.54) is 31.2 Å². The van der Waals surface area contributed by atoms with Crippen LogP contribution in [0.15, 0.2) is 24.3 Å².